The van der Waals surface area contributed by atoms with E-state index in [9.17, 15) is 13.2 Å². The number of hydrogen-bond donors (Lipinski definition) is 1. The summed E-state index contributed by atoms with van der Waals surface area (Å²) in [6, 6.07) is 6.58. The predicted octanol–water partition coefficient (Wildman–Crippen LogP) is 2.86. The van der Waals surface area contributed by atoms with Crippen LogP contribution in [0.15, 0.2) is 28.6 Å². The lowest BCUT2D eigenvalue weighted by Gasteiger charge is -2.28. The van der Waals surface area contributed by atoms with Crippen LogP contribution < -0.4 is 5.32 Å². The molecular weight excluding hydrogens is 384 g/mol. The number of hydrogen-bond acceptors (Lipinski definition) is 6. The number of amides is 1. The van der Waals surface area contributed by atoms with E-state index in [1.807, 2.05) is 6.92 Å². The van der Waals surface area contributed by atoms with E-state index in [2.05, 4.69) is 15.5 Å². The largest absolute Gasteiger partial charge is 0.296 e. The first-order valence-corrected chi connectivity index (χ1v) is 10.4. The molecule has 1 atom stereocenters. The molecular formula is C15H17ClN4O3S2. The molecule has 10 heteroatoms. The van der Waals surface area contributed by atoms with Gasteiger partial charge in [-0.3, -0.25) is 10.1 Å². The van der Waals surface area contributed by atoms with Gasteiger partial charge in [-0.2, -0.15) is 4.31 Å². The highest BCUT2D eigenvalue weighted by molar-refractivity contribution is 7.91. The first-order valence-electron chi connectivity index (χ1n) is 7.77. The monoisotopic (exact) mass is 400 g/mol. The van der Waals surface area contributed by atoms with Gasteiger partial charge in [0.25, 0.3) is 15.9 Å². The van der Waals surface area contributed by atoms with Crippen LogP contribution >= 0.6 is 22.9 Å². The Morgan fingerprint density at radius 2 is 2.12 bits per heavy atom. The molecule has 1 amide bonds. The Balaban J connectivity index is 1.76. The van der Waals surface area contributed by atoms with Crippen LogP contribution in [0.4, 0.5) is 5.13 Å². The molecule has 2 heterocycles. The lowest BCUT2D eigenvalue weighted by atomic mass is 10.0. The van der Waals surface area contributed by atoms with E-state index in [0.29, 0.717) is 24.0 Å². The van der Waals surface area contributed by atoms with Crippen molar-refractivity contribution in [3.63, 3.8) is 0 Å². The van der Waals surface area contributed by atoms with Crippen LogP contribution in [-0.2, 0) is 10.0 Å². The Bertz CT molecular complexity index is 884. The maximum absolute atomic E-state index is 12.7. The van der Waals surface area contributed by atoms with Crippen molar-refractivity contribution in [3.8, 4) is 0 Å². The van der Waals surface area contributed by atoms with E-state index in [1.54, 1.807) is 24.3 Å². The fourth-order valence-electron chi connectivity index (χ4n) is 2.65. The minimum absolute atomic E-state index is 0.115. The number of carbonyl (C=O) groups is 1. The van der Waals surface area contributed by atoms with Crippen molar-refractivity contribution in [1.29, 1.82) is 0 Å². The number of carbonyl (C=O) groups excluding carboxylic acids is 1. The third-order valence-electron chi connectivity index (χ3n) is 3.93. The molecule has 0 aliphatic carbocycles. The molecule has 1 aromatic heterocycles. The van der Waals surface area contributed by atoms with Gasteiger partial charge in [0.2, 0.25) is 9.47 Å². The van der Waals surface area contributed by atoms with E-state index in [4.69, 9.17) is 11.6 Å². The maximum Gasteiger partial charge on any atom is 0.272 e. The van der Waals surface area contributed by atoms with Crippen molar-refractivity contribution in [2.75, 3.05) is 18.4 Å². The first-order chi connectivity index (χ1) is 11.9. The molecule has 1 saturated heterocycles. The van der Waals surface area contributed by atoms with E-state index < -0.39 is 15.9 Å². The SMILES string of the molecule is C[C@H]1CCCN(S(=O)(=O)c2nnc(NC(=O)c3ccccc3Cl)s2)C1. The molecule has 2 aromatic rings. The number of nitrogens with zero attached hydrogens (tertiary/aromatic N) is 3. The van der Waals surface area contributed by atoms with Gasteiger partial charge in [-0.1, -0.05) is 42.0 Å². The summed E-state index contributed by atoms with van der Waals surface area (Å²) in [5.74, 6) is -0.145. The predicted molar refractivity (Wildman–Crippen MR) is 96.5 cm³/mol. The first kappa shape index (κ1) is 18.2. The molecule has 0 bridgehead atoms. The zero-order valence-corrected chi connectivity index (χ0v) is 15.9. The highest BCUT2D eigenvalue weighted by atomic mass is 35.5. The molecule has 0 saturated carbocycles. The molecule has 25 heavy (non-hydrogen) atoms. The van der Waals surface area contributed by atoms with Gasteiger partial charge in [0.05, 0.1) is 10.6 Å². The van der Waals surface area contributed by atoms with Gasteiger partial charge >= 0.3 is 0 Å². The number of rotatable bonds is 4. The molecule has 1 aliphatic heterocycles. The Hall–Kier alpha value is -1.55. The molecule has 0 spiro atoms. The molecule has 1 aromatic carbocycles. The third-order valence-corrected chi connectivity index (χ3v) is 7.30. The van der Waals surface area contributed by atoms with Gasteiger partial charge in [-0.25, -0.2) is 8.42 Å². The smallest absolute Gasteiger partial charge is 0.272 e. The molecule has 0 radical (unpaired) electrons. The van der Waals surface area contributed by atoms with Crippen molar-refractivity contribution < 1.29 is 13.2 Å². The summed E-state index contributed by atoms with van der Waals surface area (Å²) in [6.07, 6.45) is 1.84. The van der Waals surface area contributed by atoms with Crippen molar-refractivity contribution in [3.05, 3.63) is 34.9 Å². The Morgan fingerprint density at radius 3 is 2.84 bits per heavy atom. The van der Waals surface area contributed by atoms with Gasteiger partial charge in [0.15, 0.2) is 0 Å². The minimum atomic E-state index is -3.68. The number of benzene rings is 1. The summed E-state index contributed by atoms with van der Waals surface area (Å²) < 4.78 is 26.6. The van der Waals surface area contributed by atoms with Crippen molar-refractivity contribution in [2.45, 2.75) is 24.1 Å². The Morgan fingerprint density at radius 1 is 1.36 bits per heavy atom. The van der Waals surface area contributed by atoms with Gasteiger partial charge < -0.3 is 0 Å². The molecule has 1 N–H and O–H groups in total. The molecule has 3 rings (SSSR count). The van der Waals surface area contributed by atoms with E-state index >= 15 is 0 Å². The van der Waals surface area contributed by atoms with Crippen LogP contribution in [0.5, 0.6) is 0 Å². The number of sulfonamides is 1. The molecule has 7 nitrogen and oxygen atoms in total. The van der Waals surface area contributed by atoms with E-state index in [0.717, 1.165) is 24.2 Å². The van der Waals surface area contributed by atoms with Gasteiger partial charge in [-0.15, -0.1) is 10.2 Å². The van der Waals surface area contributed by atoms with Crippen LogP contribution in [0.1, 0.15) is 30.1 Å². The van der Waals surface area contributed by atoms with Gasteiger partial charge in [-0.05, 0) is 30.9 Å². The number of nitrogens with one attached hydrogen (secondary N) is 1. The standard InChI is InChI=1S/C15H17ClN4O3S2/c1-10-5-4-8-20(9-10)25(22,23)15-19-18-14(24-15)17-13(21)11-6-2-3-7-12(11)16/h2-3,6-7,10H,4-5,8-9H2,1H3,(H,17,18,21)/t10-/m0/s1. The molecule has 1 fully saturated rings. The second-order valence-electron chi connectivity index (χ2n) is 5.92. The minimum Gasteiger partial charge on any atom is -0.296 e. The Kier molecular flexibility index (Phi) is 5.38. The zero-order chi connectivity index (χ0) is 18.0. The second kappa shape index (κ2) is 7.36. The maximum atomic E-state index is 12.7. The lowest BCUT2D eigenvalue weighted by Crippen LogP contribution is -2.39. The average molecular weight is 401 g/mol. The number of piperidine rings is 1. The van der Waals surface area contributed by atoms with Crippen LogP contribution in [0.25, 0.3) is 0 Å². The fraction of sp³-hybridized carbons (Fsp3) is 0.400. The number of anilines is 1. The Labute approximate surface area is 155 Å². The topological polar surface area (TPSA) is 92.3 Å². The summed E-state index contributed by atoms with van der Waals surface area (Å²) in [6.45, 7) is 2.98. The fourth-order valence-corrected chi connectivity index (χ4v) is 5.50. The third kappa shape index (κ3) is 4.00. The highest BCUT2D eigenvalue weighted by Crippen LogP contribution is 2.27. The zero-order valence-electron chi connectivity index (χ0n) is 13.5. The second-order valence-corrected chi connectivity index (χ2v) is 9.41. The van der Waals surface area contributed by atoms with Crippen molar-refractivity contribution in [2.24, 2.45) is 5.92 Å². The molecule has 0 unspecified atom stereocenters. The van der Waals surface area contributed by atoms with E-state index in [1.165, 1.54) is 4.31 Å². The normalized spacial score (nSPS) is 18.9. The van der Waals surface area contributed by atoms with Gasteiger partial charge in [0, 0.05) is 13.1 Å². The van der Waals surface area contributed by atoms with E-state index in [-0.39, 0.29) is 15.0 Å². The summed E-state index contributed by atoms with van der Waals surface area (Å²) in [5, 5.41) is 10.5. The summed E-state index contributed by atoms with van der Waals surface area (Å²) >= 11 is 6.82. The summed E-state index contributed by atoms with van der Waals surface area (Å²) in [4.78, 5) is 12.2. The van der Waals surface area contributed by atoms with Crippen LogP contribution in [0.2, 0.25) is 5.02 Å². The molecule has 1 aliphatic rings. The highest BCUT2D eigenvalue weighted by Gasteiger charge is 2.32. The number of aromatic nitrogens is 2. The van der Waals surface area contributed by atoms with Crippen LogP contribution in [0.3, 0.4) is 0 Å². The lowest BCUT2D eigenvalue weighted by molar-refractivity contribution is 0.102. The number of halogens is 1. The summed E-state index contributed by atoms with van der Waals surface area (Å²) in [7, 11) is -3.68. The van der Waals surface area contributed by atoms with Crippen molar-refractivity contribution in [1.82, 2.24) is 14.5 Å². The quantitative estimate of drug-likeness (QED) is 0.796. The van der Waals surface area contributed by atoms with Crippen molar-refractivity contribution >= 4 is 44.0 Å². The molecule has 134 valence electrons. The average Bonchev–Trinajstić information content (AvgIpc) is 3.04. The van der Waals surface area contributed by atoms with Crippen LogP contribution in [0, 0.1) is 5.92 Å². The van der Waals surface area contributed by atoms with Gasteiger partial charge in [0.1, 0.15) is 0 Å². The van der Waals surface area contributed by atoms with Crippen LogP contribution in [-0.4, -0.2) is 41.9 Å². The summed E-state index contributed by atoms with van der Waals surface area (Å²) in [5.41, 5.74) is 0.286.